The number of halogens is 1. The van der Waals surface area contributed by atoms with Gasteiger partial charge in [0.2, 0.25) is 0 Å². The summed E-state index contributed by atoms with van der Waals surface area (Å²) in [6, 6.07) is 0. The van der Waals surface area contributed by atoms with E-state index in [-0.39, 0.29) is 17.2 Å². The fourth-order valence-corrected chi connectivity index (χ4v) is 0.820. The summed E-state index contributed by atoms with van der Waals surface area (Å²) in [6.45, 7) is 0. The summed E-state index contributed by atoms with van der Waals surface area (Å²) in [6.07, 6.45) is 2.97. The van der Waals surface area contributed by atoms with Crippen LogP contribution in [0.4, 0.5) is 9.70 Å². The van der Waals surface area contributed by atoms with Crippen molar-refractivity contribution >= 4 is 18.0 Å². The predicted octanol–water partition coefficient (Wildman–Crippen LogP) is 1.52. The van der Waals surface area contributed by atoms with E-state index in [4.69, 9.17) is 0 Å². The lowest BCUT2D eigenvalue weighted by molar-refractivity contribution is 0.902. The number of hydrogen-bond donors (Lipinski definition) is 0. The fourth-order valence-electron chi connectivity index (χ4n) is 0.591. The van der Waals surface area contributed by atoms with E-state index in [1.807, 2.05) is 14.1 Å². The Morgan fingerprint density at radius 3 is 2.73 bits per heavy atom. The van der Waals surface area contributed by atoms with Crippen LogP contribution in [-0.2, 0) is 0 Å². The van der Waals surface area contributed by atoms with Gasteiger partial charge in [0.1, 0.15) is 23.0 Å². The molecule has 0 saturated carbocycles. The van der Waals surface area contributed by atoms with Gasteiger partial charge in [-0.15, -0.1) is 0 Å². The molecular weight excluding hydrogens is 165 g/mol. The van der Waals surface area contributed by atoms with E-state index in [0.717, 1.165) is 0 Å². The molecule has 0 aliphatic carbocycles. The van der Waals surface area contributed by atoms with Gasteiger partial charge in [0.05, 0.1) is 12.4 Å². The normalized spacial score (nSPS) is 9.73. The maximum atomic E-state index is 12.0. The Kier molecular flexibility index (Phi) is 2.64. The molecule has 0 fully saturated rings. The molecule has 3 nitrogen and oxygen atoms in total. The molecule has 0 spiro atoms. The highest BCUT2D eigenvalue weighted by atomic mass is 32.2. The van der Waals surface area contributed by atoms with Crippen LogP contribution in [0.5, 0.6) is 0 Å². The molecule has 0 N–H and O–H groups in total. The van der Waals surface area contributed by atoms with Gasteiger partial charge >= 0.3 is 0 Å². The van der Waals surface area contributed by atoms with Gasteiger partial charge in [0.25, 0.3) is 0 Å². The minimum absolute atomic E-state index is 0.100. The van der Waals surface area contributed by atoms with Gasteiger partial charge in [-0.25, -0.2) is 4.98 Å². The second kappa shape index (κ2) is 3.52. The van der Waals surface area contributed by atoms with Gasteiger partial charge in [0.15, 0.2) is 0 Å². The molecule has 0 radical (unpaired) electrons. The molecule has 0 aliphatic heterocycles. The molecule has 1 heterocycles. The largest absolute Gasteiger partial charge is 0.361 e. The Morgan fingerprint density at radius 2 is 2.18 bits per heavy atom. The van der Waals surface area contributed by atoms with Crippen LogP contribution in [0.3, 0.4) is 0 Å². The zero-order chi connectivity index (χ0) is 8.27. The molecule has 5 heteroatoms. The summed E-state index contributed by atoms with van der Waals surface area (Å²) < 4.78 is 12.0. The molecule has 11 heavy (non-hydrogen) atoms. The molecule has 0 amide bonds. The average Bonchev–Trinajstić information content (AvgIpc) is 2.05. The zero-order valence-corrected chi connectivity index (χ0v) is 7.10. The second-order valence-corrected chi connectivity index (χ2v) is 2.76. The topological polar surface area (TPSA) is 29.0 Å². The molecular formula is C6H8FN3S. The Hall–Kier alpha value is -0.840. The summed E-state index contributed by atoms with van der Waals surface area (Å²) in [5.41, 5.74) is 0. The van der Waals surface area contributed by atoms with Crippen LogP contribution in [0.2, 0.25) is 0 Å². The van der Waals surface area contributed by atoms with Crippen molar-refractivity contribution in [2.75, 3.05) is 19.0 Å². The van der Waals surface area contributed by atoms with Gasteiger partial charge in [-0.05, 0) is 0 Å². The van der Waals surface area contributed by atoms with Crippen LogP contribution in [0.25, 0.3) is 0 Å². The number of rotatable bonds is 2. The van der Waals surface area contributed by atoms with E-state index < -0.39 is 0 Å². The first-order valence-corrected chi connectivity index (χ1v) is 3.73. The third kappa shape index (κ3) is 2.04. The summed E-state index contributed by atoms with van der Waals surface area (Å²) >= 11 is 0.100. The van der Waals surface area contributed by atoms with E-state index >= 15 is 0 Å². The molecule has 0 aromatic carbocycles. The highest BCUT2D eigenvalue weighted by molar-refractivity contribution is 7.94. The summed E-state index contributed by atoms with van der Waals surface area (Å²) in [4.78, 5) is 9.52. The van der Waals surface area contributed by atoms with Gasteiger partial charge in [-0.3, -0.25) is 4.98 Å². The first-order chi connectivity index (χ1) is 5.24. The first kappa shape index (κ1) is 8.26. The Labute approximate surface area is 68.9 Å². The third-order valence-corrected chi connectivity index (χ3v) is 1.49. The number of aromatic nitrogens is 2. The second-order valence-electron chi connectivity index (χ2n) is 2.19. The van der Waals surface area contributed by atoms with Crippen molar-refractivity contribution in [1.29, 1.82) is 0 Å². The molecule has 0 saturated heterocycles. The quantitative estimate of drug-likeness (QED) is 0.678. The van der Waals surface area contributed by atoms with E-state index in [1.54, 1.807) is 11.1 Å². The average molecular weight is 173 g/mol. The fraction of sp³-hybridized carbons (Fsp3) is 0.333. The number of hydrogen-bond acceptors (Lipinski definition) is 4. The van der Waals surface area contributed by atoms with Crippen LogP contribution in [-0.4, -0.2) is 24.1 Å². The van der Waals surface area contributed by atoms with Crippen molar-refractivity contribution in [3.63, 3.8) is 0 Å². The standard InChI is InChI=1S/C6H8FN3S/c1-10(2)5-3-8-4-6(9-5)11-7/h3-4H,1-2H3. The van der Waals surface area contributed by atoms with Crippen LogP contribution < -0.4 is 4.90 Å². The van der Waals surface area contributed by atoms with Crippen molar-refractivity contribution in [3.05, 3.63) is 12.4 Å². The molecule has 0 atom stereocenters. The van der Waals surface area contributed by atoms with Crippen molar-refractivity contribution in [1.82, 2.24) is 9.97 Å². The van der Waals surface area contributed by atoms with E-state index in [0.29, 0.717) is 5.82 Å². The molecule has 60 valence electrons. The molecule has 1 aromatic rings. The minimum Gasteiger partial charge on any atom is -0.361 e. The van der Waals surface area contributed by atoms with Crippen molar-refractivity contribution < 1.29 is 3.89 Å². The number of anilines is 1. The Morgan fingerprint density at radius 1 is 1.45 bits per heavy atom. The van der Waals surface area contributed by atoms with E-state index in [2.05, 4.69) is 9.97 Å². The first-order valence-electron chi connectivity index (χ1n) is 3.02. The van der Waals surface area contributed by atoms with Crippen LogP contribution >= 0.6 is 12.1 Å². The van der Waals surface area contributed by atoms with Gasteiger partial charge in [-0.2, -0.15) is 3.89 Å². The molecule has 0 aliphatic rings. The Bertz CT molecular complexity index is 241. The summed E-state index contributed by atoms with van der Waals surface area (Å²) in [7, 11) is 3.66. The maximum Gasteiger partial charge on any atom is 0.149 e. The molecule has 1 aromatic heterocycles. The highest BCUT2D eigenvalue weighted by Crippen LogP contribution is 2.16. The lowest BCUT2D eigenvalue weighted by atomic mass is 10.6. The zero-order valence-electron chi connectivity index (χ0n) is 6.28. The van der Waals surface area contributed by atoms with E-state index in [9.17, 15) is 3.89 Å². The van der Waals surface area contributed by atoms with E-state index in [1.165, 1.54) is 6.20 Å². The Balaban J connectivity index is 2.91. The van der Waals surface area contributed by atoms with Crippen LogP contribution in [0, 0.1) is 0 Å². The van der Waals surface area contributed by atoms with Crippen molar-refractivity contribution in [2.24, 2.45) is 0 Å². The monoisotopic (exact) mass is 173 g/mol. The summed E-state index contributed by atoms with van der Waals surface area (Å²) in [5, 5.41) is 0.288. The van der Waals surface area contributed by atoms with Gasteiger partial charge in [0, 0.05) is 14.1 Å². The lowest BCUT2D eigenvalue weighted by Crippen LogP contribution is -2.10. The van der Waals surface area contributed by atoms with Crippen molar-refractivity contribution in [2.45, 2.75) is 5.03 Å². The van der Waals surface area contributed by atoms with Gasteiger partial charge in [-0.1, -0.05) is 0 Å². The minimum atomic E-state index is 0.100. The summed E-state index contributed by atoms with van der Waals surface area (Å²) in [5.74, 6) is 0.660. The predicted molar refractivity (Wildman–Crippen MR) is 43.3 cm³/mol. The third-order valence-electron chi connectivity index (χ3n) is 1.14. The molecule has 0 bridgehead atoms. The lowest BCUT2D eigenvalue weighted by Gasteiger charge is -2.09. The van der Waals surface area contributed by atoms with Crippen LogP contribution in [0.15, 0.2) is 17.4 Å². The molecule has 1 rings (SSSR count). The number of nitrogens with zero attached hydrogens (tertiary/aromatic N) is 3. The van der Waals surface area contributed by atoms with Crippen LogP contribution in [0.1, 0.15) is 0 Å². The SMILES string of the molecule is CN(C)c1cncc(SF)n1. The van der Waals surface area contributed by atoms with Gasteiger partial charge < -0.3 is 4.90 Å². The highest BCUT2D eigenvalue weighted by Gasteiger charge is 1.99. The van der Waals surface area contributed by atoms with Crippen molar-refractivity contribution in [3.8, 4) is 0 Å². The maximum absolute atomic E-state index is 12.0. The molecule has 0 unspecified atom stereocenters. The smallest absolute Gasteiger partial charge is 0.149 e.